The second-order valence-corrected chi connectivity index (χ2v) is 4.43. The Hall–Kier alpha value is -0.172. The molecular formula is C7H16AsNO2. The van der Waals surface area contributed by atoms with Crippen molar-refractivity contribution in [2.75, 3.05) is 6.54 Å². The minimum absolute atomic E-state index is 0.324. The summed E-state index contributed by atoms with van der Waals surface area (Å²) < 4.78 is 5.00. The molecule has 1 atom stereocenters. The van der Waals surface area contributed by atoms with E-state index in [4.69, 9.17) is 4.74 Å². The van der Waals surface area contributed by atoms with E-state index in [2.05, 4.69) is 5.32 Å². The summed E-state index contributed by atoms with van der Waals surface area (Å²) in [5, 5.41) is 3.64. The topological polar surface area (TPSA) is 38.3 Å². The Labute approximate surface area is 76.4 Å². The zero-order valence-corrected chi connectivity index (χ0v) is 9.73. The predicted molar refractivity (Wildman–Crippen MR) is 47.6 cm³/mol. The van der Waals surface area contributed by atoms with Gasteiger partial charge >= 0.3 is 75.9 Å². The number of hydrogen-bond acceptors (Lipinski definition) is 2. The molecule has 1 amide bonds. The van der Waals surface area contributed by atoms with E-state index in [0.29, 0.717) is 6.54 Å². The Morgan fingerprint density at radius 2 is 2.09 bits per heavy atom. The molecule has 0 aliphatic carbocycles. The van der Waals surface area contributed by atoms with Crippen LogP contribution in [0.3, 0.4) is 0 Å². The van der Waals surface area contributed by atoms with E-state index in [0.717, 1.165) is 5.21 Å². The van der Waals surface area contributed by atoms with Gasteiger partial charge in [-0.25, -0.2) is 0 Å². The van der Waals surface area contributed by atoms with Crippen molar-refractivity contribution in [3.63, 3.8) is 0 Å². The van der Waals surface area contributed by atoms with Crippen LogP contribution < -0.4 is 5.32 Å². The molecule has 0 aliphatic heterocycles. The van der Waals surface area contributed by atoms with Crippen LogP contribution in [0.5, 0.6) is 0 Å². The average molecular weight is 221 g/mol. The van der Waals surface area contributed by atoms with Gasteiger partial charge in [-0.15, -0.1) is 0 Å². The predicted octanol–water partition coefficient (Wildman–Crippen LogP) is 0.562. The van der Waals surface area contributed by atoms with Crippen LogP contribution in [0.15, 0.2) is 0 Å². The van der Waals surface area contributed by atoms with Crippen LogP contribution in [0.1, 0.15) is 20.8 Å². The maximum atomic E-state index is 10.9. The molecule has 1 N–H and O–H groups in total. The average Bonchev–Trinajstić information content (AvgIpc) is 1.79. The third-order valence-corrected chi connectivity index (χ3v) is 1.42. The van der Waals surface area contributed by atoms with Crippen molar-refractivity contribution in [3.05, 3.63) is 0 Å². The molecular weight excluding hydrogens is 205 g/mol. The van der Waals surface area contributed by atoms with E-state index >= 15 is 0 Å². The molecule has 66 valence electrons. The summed E-state index contributed by atoms with van der Waals surface area (Å²) in [4.78, 5) is 10.9. The normalized spacial score (nSPS) is 10.9. The summed E-state index contributed by atoms with van der Waals surface area (Å²) in [6.07, 6.45) is -0.324. The van der Waals surface area contributed by atoms with Crippen LogP contribution in [0.25, 0.3) is 0 Å². The summed E-state index contributed by atoms with van der Waals surface area (Å²) in [5.74, 6) is 0. The number of carbonyl (C=O) groups is 1. The van der Waals surface area contributed by atoms with Crippen molar-refractivity contribution in [2.24, 2.45) is 0 Å². The molecule has 0 aromatic rings. The fourth-order valence-corrected chi connectivity index (χ4v) is 0.791. The van der Waals surface area contributed by atoms with Crippen LogP contribution in [0, 0.1) is 0 Å². The number of amides is 1. The van der Waals surface area contributed by atoms with Gasteiger partial charge in [0.05, 0.1) is 0 Å². The number of ether oxygens (including phenoxy) is 1. The van der Waals surface area contributed by atoms with Crippen molar-refractivity contribution < 1.29 is 9.53 Å². The van der Waals surface area contributed by atoms with E-state index < -0.39 is 0 Å². The van der Waals surface area contributed by atoms with E-state index in [1.165, 1.54) is 0 Å². The molecule has 4 heteroatoms. The van der Waals surface area contributed by atoms with Gasteiger partial charge in [-0.1, -0.05) is 0 Å². The molecule has 0 saturated heterocycles. The molecule has 3 nitrogen and oxygen atoms in total. The monoisotopic (exact) mass is 221 g/mol. The summed E-state index contributed by atoms with van der Waals surface area (Å²) in [6.45, 7) is 6.25. The van der Waals surface area contributed by atoms with Crippen LogP contribution >= 0.6 is 0 Å². The van der Waals surface area contributed by atoms with Gasteiger partial charge in [0.1, 0.15) is 0 Å². The van der Waals surface area contributed by atoms with Crippen molar-refractivity contribution in [1.82, 2.24) is 5.32 Å². The standard InChI is InChI=1S/C7H16AsNO2/c1-7(2,3)11-6(10)9-5-4-8/h4-5,8H2,1-3H3,(H,9,10). The van der Waals surface area contributed by atoms with Gasteiger partial charge in [0.2, 0.25) is 0 Å². The Balaban J connectivity index is 3.53. The van der Waals surface area contributed by atoms with Crippen LogP contribution in [-0.4, -0.2) is 35.1 Å². The van der Waals surface area contributed by atoms with E-state index in [1.807, 2.05) is 20.8 Å². The minimum atomic E-state index is -0.386. The molecule has 0 aliphatic rings. The molecule has 0 radical (unpaired) electrons. The fourth-order valence-electron chi connectivity index (χ4n) is 0.488. The summed E-state index contributed by atoms with van der Waals surface area (Å²) >= 11 is 1.60. The maximum absolute atomic E-state index is 10.9. The Morgan fingerprint density at radius 1 is 1.55 bits per heavy atom. The second-order valence-electron chi connectivity index (χ2n) is 3.22. The molecule has 1 unspecified atom stereocenters. The molecule has 11 heavy (non-hydrogen) atoms. The molecule has 0 spiro atoms. The zero-order valence-electron chi connectivity index (χ0n) is 7.31. The zero-order chi connectivity index (χ0) is 8.91. The molecule has 0 rings (SSSR count). The van der Waals surface area contributed by atoms with Crippen molar-refractivity contribution in [2.45, 2.75) is 31.6 Å². The number of hydrogen-bond donors (Lipinski definition) is 1. The number of rotatable bonds is 2. The quantitative estimate of drug-likeness (QED) is 0.692. The molecule has 0 heterocycles. The van der Waals surface area contributed by atoms with Gasteiger partial charge in [-0.3, -0.25) is 0 Å². The van der Waals surface area contributed by atoms with Crippen molar-refractivity contribution in [1.29, 1.82) is 0 Å². The molecule has 0 aromatic carbocycles. The first-order chi connectivity index (χ1) is 4.95. The van der Waals surface area contributed by atoms with E-state index in [1.54, 1.807) is 16.9 Å². The summed E-state index contributed by atoms with van der Waals surface area (Å²) in [6, 6.07) is 0. The van der Waals surface area contributed by atoms with E-state index in [9.17, 15) is 4.79 Å². The molecule has 0 aromatic heterocycles. The van der Waals surface area contributed by atoms with Crippen LogP contribution in [-0.2, 0) is 4.74 Å². The van der Waals surface area contributed by atoms with E-state index in [-0.39, 0.29) is 11.7 Å². The van der Waals surface area contributed by atoms with Gasteiger partial charge in [0, 0.05) is 0 Å². The third-order valence-electron chi connectivity index (χ3n) is 0.813. The number of alkyl carbamates (subject to hydrolysis) is 1. The van der Waals surface area contributed by atoms with Crippen LogP contribution in [0.4, 0.5) is 4.79 Å². The number of nitrogens with one attached hydrogen (secondary N) is 1. The SMILES string of the molecule is CC(C)(C)OC(=O)NCC[AsH2]. The van der Waals surface area contributed by atoms with Gasteiger partial charge in [-0.2, -0.15) is 0 Å². The first-order valence-corrected chi connectivity index (χ1v) is 5.34. The third kappa shape index (κ3) is 7.73. The van der Waals surface area contributed by atoms with Gasteiger partial charge in [0.15, 0.2) is 0 Å². The van der Waals surface area contributed by atoms with Crippen molar-refractivity contribution in [3.8, 4) is 0 Å². The molecule has 0 bridgehead atoms. The fraction of sp³-hybridized carbons (Fsp3) is 0.857. The van der Waals surface area contributed by atoms with Gasteiger partial charge in [0.25, 0.3) is 0 Å². The Bertz CT molecular complexity index is 131. The molecule has 0 fully saturated rings. The first-order valence-electron chi connectivity index (χ1n) is 3.62. The van der Waals surface area contributed by atoms with Crippen molar-refractivity contribution >= 4 is 22.9 Å². The molecule has 0 saturated carbocycles. The number of carbonyl (C=O) groups excluding carboxylic acids is 1. The summed E-state index contributed by atoms with van der Waals surface area (Å²) in [5.41, 5.74) is -0.386. The van der Waals surface area contributed by atoms with Gasteiger partial charge in [-0.05, 0) is 0 Å². The van der Waals surface area contributed by atoms with Crippen LogP contribution in [0.2, 0.25) is 5.21 Å². The summed E-state index contributed by atoms with van der Waals surface area (Å²) in [7, 11) is 0. The van der Waals surface area contributed by atoms with Gasteiger partial charge < -0.3 is 0 Å². The Morgan fingerprint density at radius 3 is 2.45 bits per heavy atom. The second kappa shape index (κ2) is 4.65. The first kappa shape index (κ1) is 10.8. The Kier molecular flexibility index (Phi) is 4.58.